The molecule has 0 spiro atoms. The van der Waals surface area contributed by atoms with Crippen LogP contribution in [0.25, 0.3) is 5.69 Å². The number of carbonyl (C=O) groups is 2. The van der Waals surface area contributed by atoms with E-state index in [2.05, 4.69) is 10.4 Å². The Morgan fingerprint density at radius 3 is 2.62 bits per heavy atom. The molecule has 0 bridgehead atoms. The molecule has 0 aliphatic heterocycles. The smallest absolute Gasteiger partial charge is 0.309 e. The lowest BCUT2D eigenvalue weighted by Gasteiger charge is -2.18. The maximum atomic E-state index is 12.2. The van der Waals surface area contributed by atoms with Gasteiger partial charge in [-0.05, 0) is 45.4 Å². The Balaban J connectivity index is 2.08. The van der Waals surface area contributed by atoms with Crippen molar-refractivity contribution in [2.75, 3.05) is 6.54 Å². The molecule has 0 fully saturated rings. The zero-order valence-electron chi connectivity index (χ0n) is 13.8. The molecule has 6 nitrogen and oxygen atoms in total. The summed E-state index contributed by atoms with van der Waals surface area (Å²) in [4.78, 5) is 23.3. The number of nitrogens with one attached hydrogen (secondary N) is 1. The average molecular weight is 350 g/mol. The first kappa shape index (κ1) is 18.0. The summed E-state index contributed by atoms with van der Waals surface area (Å²) in [5, 5.41) is 16.6. The summed E-state index contributed by atoms with van der Waals surface area (Å²) in [6, 6.07) is 8.91. The summed E-state index contributed by atoms with van der Waals surface area (Å²) in [5.41, 5.74) is 0.850. The molecule has 0 aliphatic rings. The molecule has 2 N–H and O–H groups in total. The number of carboxylic acid groups (broad SMARTS) is 1. The fourth-order valence-electron chi connectivity index (χ4n) is 2.14. The van der Waals surface area contributed by atoms with Gasteiger partial charge in [0.1, 0.15) is 0 Å². The van der Waals surface area contributed by atoms with E-state index in [1.807, 2.05) is 25.1 Å². The van der Waals surface area contributed by atoms with Gasteiger partial charge in [-0.15, -0.1) is 0 Å². The number of carboxylic acids is 1. The number of carbonyl (C=O) groups excluding carboxylic acids is 1. The summed E-state index contributed by atoms with van der Waals surface area (Å²) < 4.78 is 1.61. The second kappa shape index (κ2) is 7.05. The van der Waals surface area contributed by atoms with Gasteiger partial charge in [0, 0.05) is 12.2 Å². The van der Waals surface area contributed by atoms with Crippen LogP contribution in [0.5, 0.6) is 0 Å². The lowest BCUT2D eigenvalue weighted by Crippen LogP contribution is -2.32. The molecule has 24 heavy (non-hydrogen) atoms. The minimum atomic E-state index is -0.893. The number of aryl methyl sites for hydroxylation is 1. The minimum absolute atomic E-state index is 0.260. The van der Waals surface area contributed by atoms with Crippen molar-refractivity contribution in [2.24, 2.45) is 5.41 Å². The van der Waals surface area contributed by atoms with Gasteiger partial charge in [-0.2, -0.15) is 5.10 Å². The van der Waals surface area contributed by atoms with Crippen LogP contribution in [0, 0.1) is 12.3 Å². The highest BCUT2D eigenvalue weighted by Crippen LogP contribution is 2.21. The van der Waals surface area contributed by atoms with Crippen LogP contribution in [0.2, 0.25) is 5.02 Å². The van der Waals surface area contributed by atoms with E-state index in [9.17, 15) is 9.59 Å². The second-order valence-electron chi connectivity index (χ2n) is 6.23. The van der Waals surface area contributed by atoms with Gasteiger partial charge in [-0.1, -0.05) is 23.7 Å². The predicted octanol–water partition coefficient (Wildman–Crippen LogP) is 3.06. The Hall–Kier alpha value is -2.34. The molecule has 2 rings (SSSR count). The Bertz CT molecular complexity index is 768. The Labute approximate surface area is 145 Å². The van der Waals surface area contributed by atoms with Crippen LogP contribution in [0.1, 0.15) is 36.5 Å². The van der Waals surface area contributed by atoms with Crippen LogP contribution in [-0.4, -0.2) is 33.3 Å². The fraction of sp³-hybridized carbons (Fsp3) is 0.353. The second-order valence-corrected chi connectivity index (χ2v) is 6.64. The van der Waals surface area contributed by atoms with E-state index >= 15 is 0 Å². The van der Waals surface area contributed by atoms with E-state index in [-0.39, 0.29) is 18.1 Å². The molecule has 1 heterocycles. The molecule has 1 aromatic carbocycles. The van der Waals surface area contributed by atoms with Crippen molar-refractivity contribution in [3.63, 3.8) is 0 Å². The van der Waals surface area contributed by atoms with E-state index in [0.717, 1.165) is 5.69 Å². The molecule has 0 atom stereocenters. The first-order valence-corrected chi connectivity index (χ1v) is 7.93. The van der Waals surface area contributed by atoms with E-state index < -0.39 is 11.4 Å². The number of para-hydroxylation sites is 1. The molecule has 7 heteroatoms. The van der Waals surface area contributed by atoms with Crippen molar-refractivity contribution in [1.82, 2.24) is 15.1 Å². The first-order valence-electron chi connectivity index (χ1n) is 7.55. The van der Waals surface area contributed by atoms with Gasteiger partial charge >= 0.3 is 5.97 Å². The Morgan fingerprint density at radius 1 is 1.33 bits per heavy atom. The topological polar surface area (TPSA) is 84.2 Å². The van der Waals surface area contributed by atoms with Gasteiger partial charge in [-0.3, -0.25) is 9.59 Å². The number of hydrogen-bond donors (Lipinski definition) is 2. The summed E-state index contributed by atoms with van der Waals surface area (Å²) in [5.74, 6) is -1.24. The molecule has 0 saturated heterocycles. The first-order chi connectivity index (χ1) is 11.2. The van der Waals surface area contributed by atoms with Crippen molar-refractivity contribution in [3.05, 3.63) is 46.7 Å². The number of aliphatic carboxylic acids is 1. The van der Waals surface area contributed by atoms with Crippen LogP contribution < -0.4 is 5.32 Å². The normalized spacial score (nSPS) is 11.3. The quantitative estimate of drug-likeness (QED) is 0.839. The summed E-state index contributed by atoms with van der Waals surface area (Å²) in [7, 11) is 0. The zero-order chi connectivity index (χ0) is 17.9. The van der Waals surface area contributed by atoms with Gasteiger partial charge in [0.05, 0.1) is 16.1 Å². The Morgan fingerprint density at radius 2 is 2.00 bits per heavy atom. The maximum absolute atomic E-state index is 12.2. The number of halogens is 1. The van der Waals surface area contributed by atoms with Crippen LogP contribution in [-0.2, 0) is 4.79 Å². The third kappa shape index (κ3) is 3.94. The average Bonchev–Trinajstić information content (AvgIpc) is 2.89. The number of amides is 1. The molecule has 1 aromatic heterocycles. The van der Waals surface area contributed by atoms with Crippen LogP contribution >= 0.6 is 11.6 Å². The van der Waals surface area contributed by atoms with Crippen molar-refractivity contribution >= 4 is 23.5 Å². The summed E-state index contributed by atoms with van der Waals surface area (Å²) in [6.07, 6.45) is 0.332. The molecule has 0 radical (unpaired) electrons. The number of hydrogen-bond acceptors (Lipinski definition) is 3. The molecular formula is C17H20ClN3O3. The molecule has 2 aromatic rings. The highest BCUT2D eigenvalue weighted by atomic mass is 35.5. The number of aromatic nitrogens is 2. The lowest BCUT2D eigenvalue weighted by molar-refractivity contribution is -0.147. The SMILES string of the molecule is Cc1cc(C(=O)NCCC(C)(C)C(=O)O)nn1-c1ccccc1Cl. The molecular weight excluding hydrogens is 330 g/mol. The third-order valence-corrected chi connectivity index (χ3v) is 4.13. The summed E-state index contributed by atoms with van der Waals surface area (Å²) >= 11 is 6.17. The summed E-state index contributed by atoms with van der Waals surface area (Å²) in [6.45, 7) is 5.34. The zero-order valence-corrected chi connectivity index (χ0v) is 14.6. The van der Waals surface area contributed by atoms with Crippen molar-refractivity contribution < 1.29 is 14.7 Å². The molecule has 0 aliphatic carbocycles. The van der Waals surface area contributed by atoms with Gasteiger partial charge in [0.15, 0.2) is 5.69 Å². The van der Waals surface area contributed by atoms with Gasteiger partial charge in [0.2, 0.25) is 0 Å². The van der Waals surface area contributed by atoms with E-state index in [1.165, 1.54) is 0 Å². The monoisotopic (exact) mass is 349 g/mol. The third-order valence-electron chi connectivity index (χ3n) is 3.82. The van der Waals surface area contributed by atoms with E-state index in [1.54, 1.807) is 30.7 Å². The molecule has 0 unspecified atom stereocenters. The number of benzene rings is 1. The van der Waals surface area contributed by atoms with Crippen molar-refractivity contribution in [1.29, 1.82) is 0 Å². The fourth-order valence-corrected chi connectivity index (χ4v) is 2.35. The van der Waals surface area contributed by atoms with E-state index in [4.69, 9.17) is 16.7 Å². The highest BCUT2D eigenvalue weighted by molar-refractivity contribution is 6.32. The molecule has 0 saturated carbocycles. The number of rotatable bonds is 6. The Kier molecular flexibility index (Phi) is 5.29. The standard InChI is InChI=1S/C17H20ClN3O3/c1-11-10-13(15(22)19-9-8-17(2,3)16(23)24)20-21(11)14-7-5-4-6-12(14)18/h4-7,10H,8-9H2,1-3H3,(H,19,22)(H,23,24). The largest absolute Gasteiger partial charge is 0.481 e. The molecule has 128 valence electrons. The van der Waals surface area contributed by atoms with Crippen molar-refractivity contribution in [2.45, 2.75) is 27.2 Å². The highest BCUT2D eigenvalue weighted by Gasteiger charge is 2.26. The lowest BCUT2D eigenvalue weighted by atomic mass is 9.90. The van der Waals surface area contributed by atoms with E-state index in [0.29, 0.717) is 17.1 Å². The van der Waals surface area contributed by atoms with Gasteiger partial charge in [0.25, 0.3) is 5.91 Å². The molecule has 1 amide bonds. The predicted molar refractivity (Wildman–Crippen MR) is 91.7 cm³/mol. The van der Waals surface area contributed by atoms with Crippen LogP contribution in [0.15, 0.2) is 30.3 Å². The maximum Gasteiger partial charge on any atom is 0.309 e. The van der Waals surface area contributed by atoms with Crippen LogP contribution in [0.4, 0.5) is 0 Å². The minimum Gasteiger partial charge on any atom is -0.481 e. The number of nitrogens with zero attached hydrogens (tertiary/aromatic N) is 2. The van der Waals surface area contributed by atoms with Crippen LogP contribution in [0.3, 0.4) is 0 Å². The van der Waals surface area contributed by atoms with Gasteiger partial charge < -0.3 is 10.4 Å². The van der Waals surface area contributed by atoms with Crippen molar-refractivity contribution in [3.8, 4) is 5.69 Å². The van der Waals surface area contributed by atoms with Gasteiger partial charge in [-0.25, -0.2) is 4.68 Å².